The Balaban J connectivity index is 2.39. The number of benzene rings is 1. The number of ether oxygens (including phenoxy) is 2. The van der Waals surface area contributed by atoms with Gasteiger partial charge in [0.05, 0.1) is 19.7 Å². The Morgan fingerprint density at radius 3 is 2.39 bits per heavy atom. The predicted molar refractivity (Wildman–Crippen MR) is 74.2 cm³/mol. The van der Waals surface area contributed by atoms with Crippen molar-refractivity contribution in [3.05, 3.63) is 42.2 Å². The molecule has 0 spiro atoms. The van der Waals surface area contributed by atoms with Gasteiger partial charge in [-0.1, -0.05) is 12.1 Å². The molecule has 122 valence electrons. The van der Waals surface area contributed by atoms with Crippen LogP contribution in [0.2, 0.25) is 0 Å². The molecule has 1 aromatic carbocycles. The number of methoxy groups -OCH3 is 1. The lowest BCUT2D eigenvalue weighted by Gasteiger charge is -2.13. The number of pyridine rings is 1. The highest BCUT2D eigenvalue weighted by Gasteiger charge is 2.31. The number of hydrogen-bond acceptors (Lipinski definition) is 4. The van der Waals surface area contributed by atoms with E-state index in [1.54, 1.807) is 0 Å². The van der Waals surface area contributed by atoms with Gasteiger partial charge in [0, 0.05) is 17.3 Å². The monoisotopic (exact) mass is 327 g/mol. The number of carbonyl (C=O) groups is 1. The number of aromatic nitrogens is 1. The van der Waals surface area contributed by atoms with Crippen LogP contribution >= 0.6 is 0 Å². The number of carboxylic acid groups (broad SMARTS) is 1. The van der Waals surface area contributed by atoms with E-state index in [0.29, 0.717) is 22.4 Å². The molecule has 8 heteroatoms. The second-order valence-electron chi connectivity index (χ2n) is 4.51. The summed E-state index contributed by atoms with van der Waals surface area (Å²) in [7, 11) is 1.38. The molecule has 0 bridgehead atoms. The van der Waals surface area contributed by atoms with Gasteiger partial charge in [-0.3, -0.25) is 9.78 Å². The van der Waals surface area contributed by atoms with Crippen molar-refractivity contribution in [1.29, 1.82) is 0 Å². The maximum atomic E-state index is 12.2. The fourth-order valence-electron chi connectivity index (χ4n) is 2.06. The van der Waals surface area contributed by atoms with Gasteiger partial charge in [-0.25, -0.2) is 0 Å². The van der Waals surface area contributed by atoms with Crippen LogP contribution < -0.4 is 9.47 Å². The number of carboxylic acids is 1. The smallest absolute Gasteiger partial charge is 0.495 e. The molecule has 1 aromatic heterocycles. The fourth-order valence-corrected chi connectivity index (χ4v) is 2.06. The standard InChI is InChI=1S/C15H12F3NO4/c1-22-13-8-19-7-12(11(13)6-14(20)21)9-2-4-10(5-3-9)23-15(16,17)18/h2-5,7-8H,6H2,1H3,(H,20,21). The van der Waals surface area contributed by atoms with Crippen molar-refractivity contribution >= 4 is 5.97 Å². The Labute approximate surface area is 129 Å². The zero-order valence-corrected chi connectivity index (χ0v) is 11.9. The van der Waals surface area contributed by atoms with Crippen molar-refractivity contribution in [2.75, 3.05) is 7.11 Å². The van der Waals surface area contributed by atoms with Crippen molar-refractivity contribution in [2.24, 2.45) is 0 Å². The summed E-state index contributed by atoms with van der Waals surface area (Å²) in [5, 5.41) is 9.01. The summed E-state index contributed by atoms with van der Waals surface area (Å²) in [5.41, 5.74) is 1.35. The van der Waals surface area contributed by atoms with E-state index in [1.807, 2.05) is 0 Å². The molecule has 0 unspecified atom stereocenters. The highest BCUT2D eigenvalue weighted by molar-refractivity contribution is 5.78. The summed E-state index contributed by atoms with van der Waals surface area (Å²) in [6.45, 7) is 0. The highest BCUT2D eigenvalue weighted by atomic mass is 19.4. The van der Waals surface area contributed by atoms with Gasteiger partial charge in [-0.05, 0) is 17.7 Å². The van der Waals surface area contributed by atoms with Crippen molar-refractivity contribution in [1.82, 2.24) is 4.98 Å². The molecule has 0 radical (unpaired) electrons. The van der Waals surface area contributed by atoms with E-state index < -0.39 is 12.3 Å². The largest absolute Gasteiger partial charge is 0.573 e. The van der Waals surface area contributed by atoms with Crippen LogP contribution in [0.3, 0.4) is 0 Å². The van der Waals surface area contributed by atoms with Crippen molar-refractivity contribution in [2.45, 2.75) is 12.8 Å². The predicted octanol–water partition coefficient (Wildman–Crippen LogP) is 3.28. The second kappa shape index (κ2) is 6.55. The molecular weight excluding hydrogens is 315 g/mol. The van der Waals surface area contributed by atoms with Crippen LogP contribution in [0.1, 0.15) is 5.56 Å². The van der Waals surface area contributed by atoms with Crippen molar-refractivity contribution in [3.8, 4) is 22.6 Å². The van der Waals surface area contributed by atoms with E-state index in [2.05, 4.69) is 9.72 Å². The highest BCUT2D eigenvalue weighted by Crippen LogP contribution is 2.32. The third-order valence-electron chi connectivity index (χ3n) is 2.96. The zero-order chi connectivity index (χ0) is 17.0. The van der Waals surface area contributed by atoms with Crippen LogP contribution in [0.25, 0.3) is 11.1 Å². The van der Waals surface area contributed by atoms with Gasteiger partial charge < -0.3 is 14.6 Å². The number of nitrogens with zero attached hydrogens (tertiary/aromatic N) is 1. The van der Waals surface area contributed by atoms with Gasteiger partial charge in [-0.15, -0.1) is 13.2 Å². The first-order valence-corrected chi connectivity index (χ1v) is 6.39. The number of alkyl halides is 3. The molecule has 0 saturated carbocycles. The molecule has 0 fully saturated rings. The topological polar surface area (TPSA) is 68.7 Å². The lowest BCUT2D eigenvalue weighted by atomic mass is 9.99. The molecule has 2 rings (SSSR count). The van der Waals surface area contributed by atoms with E-state index in [1.165, 1.54) is 31.6 Å². The van der Waals surface area contributed by atoms with Gasteiger partial charge in [0.15, 0.2) is 0 Å². The molecule has 0 aliphatic carbocycles. The summed E-state index contributed by atoms with van der Waals surface area (Å²) >= 11 is 0. The molecule has 0 aliphatic rings. The molecule has 1 heterocycles. The van der Waals surface area contributed by atoms with Gasteiger partial charge in [0.25, 0.3) is 0 Å². The summed E-state index contributed by atoms with van der Waals surface area (Å²) in [5.74, 6) is -1.13. The van der Waals surface area contributed by atoms with Crippen LogP contribution in [-0.4, -0.2) is 29.5 Å². The van der Waals surface area contributed by atoms with Gasteiger partial charge in [0.2, 0.25) is 0 Å². The third kappa shape index (κ3) is 4.35. The van der Waals surface area contributed by atoms with E-state index in [9.17, 15) is 18.0 Å². The second-order valence-corrected chi connectivity index (χ2v) is 4.51. The van der Waals surface area contributed by atoms with Crippen LogP contribution in [0, 0.1) is 0 Å². The van der Waals surface area contributed by atoms with E-state index >= 15 is 0 Å². The minimum atomic E-state index is -4.77. The van der Waals surface area contributed by atoms with Crippen molar-refractivity contribution < 1.29 is 32.5 Å². The molecule has 2 aromatic rings. The van der Waals surface area contributed by atoms with E-state index in [4.69, 9.17) is 9.84 Å². The zero-order valence-electron chi connectivity index (χ0n) is 11.9. The Morgan fingerprint density at radius 1 is 1.22 bits per heavy atom. The summed E-state index contributed by atoms with van der Waals surface area (Å²) in [4.78, 5) is 15.0. The van der Waals surface area contributed by atoms with Crippen LogP contribution in [0.4, 0.5) is 13.2 Å². The Morgan fingerprint density at radius 2 is 1.87 bits per heavy atom. The summed E-state index contributed by atoms with van der Waals surface area (Å²) < 4.78 is 45.4. The van der Waals surface area contributed by atoms with Crippen LogP contribution in [0.15, 0.2) is 36.7 Å². The first-order chi connectivity index (χ1) is 10.8. The van der Waals surface area contributed by atoms with Crippen LogP contribution in [-0.2, 0) is 11.2 Å². The van der Waals surface area contributed by atoms with Crippen molar-refractivity contribution in [3.63, 3.8) is 0 Å². The normalized spacial score (nSPS) is 11.1. The fraction of sp³-hybridized carbons (Fsp3) is 0.200. The maximum Gasteiger partial charge on any atom is 0.573 e. The van der Waals surface area contributed by atoms with E-state index in [-0.39, 0.29) is 12.2 Å². The van der Waals surface area contributed by atoms with E-state index in [0.717, 1.165) is 12.1 Å². The molecule has 5 nitrogen and oxygen atoms in total. The Kier molecular flexibility index (Phi) is 4.73. The molecule has 0 saturated heterocycles. The maximum absolute atomic E-state index is 12.2. The average molecular weight is 327 g/mol. The Hall–Kier alpha value is -2.77. The lowest BCUT2D eigenvalue weighted by Crippen LogP contribution is -2.16. The number of halogens is 3. The molecular formula is C15H12F3NO4. The lowest BCUT2D eigenvalue weighted by molar-refractivity contribution is -0.274. The molecule has 0 atom stereocenters. The molecule has 23 heavy (non-hydrogen) atoms. The van der Waals surface area contributed by atoms with Crippen LogP contribution in [0.5, 0.6) is 11.5 Å². The summed E-state index contributed by atoms with van der Waals surface area (Å²) in [6, 6.07) is 5.07. The SMILES string of the molecule is COc1cncc(-c2ccc(OC(F)(F)F)cc2)c1CC(=O)O. The number of rotatable bonds is 5. The average Bonchev–Trinajstić information content (AvgIpc) is 2.46. The number of aliphatic carboxylic acids is 1. The van der Waals surface area contributed by atoms with Gasteiger partial charge in [-0.2, -0.15) is 0 Å². The Bertz CT molecular complexity index is 699. The minimum Gasteiger partial charge on any atom is -0.495 e. The summed E-state index contributed by atoms with van der Waals surface area (Å²) in [6.07, 6.45) is -2.27. The molecule has 1 N–H and O–H groups in total. The first-order valence-electron chi connectivity index (χ1n) is 6.39. The number of hydrogen-bond donors (Lipinski definition) is 1. The minimum absolute atomic E-state index is 0.292. The quantitative estimate of drug-likeness (QED) is 0.913. The molecule has 0 amide bonds. The third-order valence-corrected chi connectivity index (χ3v) is 2.96. The van der Waals surface area contributed by atoms with Gasteiger partial charge in [0.1, 0.15) is 11.5 Å². The van der Waals surface area contributed by atoms with Gasteiger partial charge >= 0.3 is 12.3 Å². The first kappa shape index (κ1) is 16.6. The molecule has 0 aliphatic heterocycles.